The van der Waals surface area contributed by atoms with E-state index in [0.29, 0.717) is 12.0 Å². The lowest BCUT2D eigenvalue weighted by Crippen LogP contribution is -2.06. The molecule has 0 heterocycles. The van der Waals surface area contributed by atoms with Crippen molar-refractivity contribution in [2.75, 3.05) is 0 Å². The van der Waals surface area contributed by atoms with E-state index in [1.54, 1.807) is 12.1 Å². The molecule has 62 valence electrons. The molecule has 0 fully saturated rings. The zero-order valence-corrected chi connectivity index (χ0v) is 6.50. The van der Waals surface area contributed by atoms with E-state index in [4.69, 9.17) is 11.5 Å². The SMILES string of the molecule is C#CC(O)Cc1cccc(F)c1. The predicted octanol–water partition coefficient (Wildman–Crippen LogP) is 1.36. The van der Waals surface area contributed by atoms with E-state index in [2.05, 4.69) is 5.92 Å². The molecular formula is C10H9FO. The number of hydrogen-bond donors (Lipinski definition) is 1. The average molecular weight is 164 g/mol. The van der Waals surface area contributed by atoms with Crippen molar-refractivity contribution in [3.8, 4) is 12.3 Å². The number of rotatable bonds is 2. The van der Waals surface area contributed by atoms with Gasteiger partial charge in [0.15, 0.2) is 0 Å². The third-order valence-corrected chi connectivity index (χ3v) is 1.51. The molecule has 0 bridgehead atoms. The van der Waals surface area contributed by atoms with Crippen molar-refractivity contribution in [2.45, 2.75) is 12.5 Å². The third-order valence-electron chi connectivity index (χ3n) is 1.51. The zero-order chi connectivity index (χ0) is 8.97. The van der Waals surface area contributed by atoms with E-state index in [-0.39, 0.29) is 5.82 Å². The molecule has 1 unspecified atom stereocenters. The van der Waals surface area contributed by atoms with Crippen molar-refractivity contribution in [3.63, 3.8) is 0 Å². The highest BCUT2D eigenvalue weighted by atomic mass is 19.1. The molecule has 12 heavy (non-hydrogen) atoms. The van der Waals surface area contributed by atoms with Gasteiger partial charge in [-0.1, -0.05) is 18.1 Å². The van der Waals surface area contributed by atoms with Gasteiger partial charge in [-0.3, -0.25) is 0 Å². The summed E-state index contributed by atoms with van der Waals surface area (Å²) < 4.78 is 12.6. The first-order valence-electron chi connectivity index (χ1n) is 3.61. The van der Waals surface area contributed by atoms with Crippen LogP contribution in [0.15, 0.2) is 24.3 Å². The van der Waals surface area contributed by atoms with Gasteiger partial charge in [-0.05, 0) is 17.7 Å². The van der Waals surface area contributed by atoms with Gasteiger partial charge in [0.2, 0.25) is 0 Å². The monoisotopic (exact) mass is 164 g/mol. The van der Waals surface area contributed by atoms with E-state index >= 15 is 0 Å². The van der Waals surface area contributed by atoms with E-state index in [0.717, 1.165) is 0 Å². The molecule has 0 spiro atoms. The van der Waals surface area contributed by atoms with Crippen molar-refractivity contribution in [3.05, 3.63) is 35.6 Å². The largest absolute Gasteiger partial charge is 0.380 e. The van der Waals surface area contributed by atoms with Gasteiger partial charge in [0, 0.05) is 6.42 Å². The summed E-state index contributed by atoms with van der Waals surface area (Å²) >= 11 is 0. The Kier molecular flexibility index (Phi) is 2.84. The highest BCUT2D eigenvalue weighted by Crippen LogP contribution is 2.05. The van der Waals surface area contributed by atoms with Crippen molar-refractivity contribution in [2.24, 2.45) is 0 Å². The zero-order valence-electron chi connectivity index (χ0n) is 6.50. The topological polar surface area (TPSA) is 20.2 Å². The van der Waals surface area contributed by atoms with Crippen LogP contribution >= 0.6 is 0 Å². The second-order valence-corrected chi connectivity index (χ2v) is 2.52. The number of terminal acetylenes is 1. The standard InChI is InChI=1S/C10H9FO/c1-2-10(12)7-8-4-3-5-9(11)6-8/h1,3-6,10,12H,7H2. The van der Waals surface area contributed by atoms with Crippen LogP contribution in [0.2, 0.25) is 0 Å². The lowest BCUT2D eigenvalue weighted by Gasteiger charge is -2.02. The van der Waals surface area contributed by atoms with Crippen LogP contribution in [0, 0.1) is 18.2 Å². The second kappa shape index (κ2) is 3.89. The van der Waals surface area contributed by atoms with E-state index < -0.39 is 6.10 Å². The number of aliphatic hydroxyl groups excluding tert-OH is 1. The van der Waals surface area contributed by atoms with Crippen molar-refractivity contribution in [1.82, 2.24) is 0 Å². The molecule has 1 aromatic rings. The maximum absolute atomic E-state index is 12.6. The maximum atomic E-state index is 12.6. The predicted molar refractivity (Wildman–Crippen MR) is 44.9 cm³/mol. The Bertz CT molecular complexity index is 301. The van der Waals surface area contributed by atoms with Crippen LogP contribution in [0.4, 0.5) is 4.39 Å². The Morgan fingerprint density at radius 2 is 2.33 bits per heavy atom. The molecule has 0 saturated heterocycles. The summed E-state index contributed by atoms with van der Waals surface area (Å²) in [5, 5.41) is 9.04. The third kappa shape index (κ3) is 2.37. The molecule has 1 atom stereocenters. The molecule has 0 aromatic heterocycles. The molecule has 0 aliphatic rings. The van der Waals surface area contributed by atoms with Crippen LogP contribution in [-0.2, 0) is 6.42 Å². The van der Waals surface area contributed by atoms with Crippen LogP contribution in [-0.4, -0.2) is 11.2 Å². The fourth-order valence-corrected chi connectivity index (χ4v) is 0.946. The van der Waals surface area contributed by atoms with Crippen LogP contribution < -0.4 is 0 Å². The van der Waals surface area contributed by atoms with Crippen LogP contribution in [0.3, 0.4) is 0 Å². The lowest BCUT2D eigenvalue weighted by molar-refractivity contribution is 0.233. The Labute approximate surface area is 70.9 Å². The Balaban J connectivity index is 2.71. The molecule has 0 aliphatic heterocycles. The van der Waals surface area contributed by atoms with E-state index in [9.17, 15) is 4.39 Å². The fraction of sp³-hybridized carbons (Fsp3) is 0.200. The van der Waals surface area contributed by atoms with Crippen molar-refractivity contribution < 1.29 is 9.50 Å². The van der Waals surface area contributed by atoms with Crippen LogP contribution in [0.25, 0.3) is 0 Å². The minimum atomic E-state index is -0.827. The first-order valence-corrected chi connectivity index (χ1v) is 3.61. The summed E-state index contributed by atoms with van der Waals surface area (Å²) in [6.45, 7) is 0. The van der Waals surface area contributed by atoms with Gasteiger partial charge in [0.05, 0.1) is 0 Å². The second-order valence-electron chi connectivity index (χ2n) is 2.52. The summed E-state index contributed by atoms with van der Waals surface area (Å²) in [6, 6.07) is 6.03. The van der Waals surface area contributed by atoms with Crippen LogP contribution in [0.5, 0.6) is 0 Å². The van der Waals surface area contributed by atoms with Gasteiger partial charge in [0.25, 0.3) is 0 Å². The normalized spacial score (nSPS) is 12.1. The molecular weight excluding hydrogens is 155 g/mol. The summed E-state index contributed by atoms with van der Waals surface area (Å²) in [7, 11) is 0. The quantitative estimate of drug-likeness (QED) is 0.654. The van der Waals surface area contributed by atoms with Gasteiger partial charge in [-0.2, -0.15) is 0 Å². The van der Waals surface area contributed by atoms with Crippen LogP contribution in [0.1, 0.15) is 5.56 Å². The summed E-state index contributed by atoms with van der Waals surface area (Å²) in [5.41, 5.74) is 0.709. The summed E-state index contributed by atoms with van der Waals surface area (Å²) in [5.74, 6) is 1.86. The Morgan fingerprint density at radius 1 is 1.58 bits per heavy atom. The Morgan fingerprint density at radius 3 is 2.92 bits per heavy atom. The lowest BCUT2D eigenvalue weighted by atomic mass is 10.1. The molecule has 0 saturated carbocycles. The highest BCUT2D eigenvalue weighted by molar-refractivity contribution is 5.18. The molecule has 1 nitrogen and oxygen atoms in total. The number of benzene rings is 1. The van der Waals surface area contributed by atoms with Gasteiger partial charge < -0.3 is 5.11 Å². The number of hydrogen-bond acceptors (Lipinski definition) is 1. The Hall–Kier alpha value is -1.33. The van der Waals surface area contributed by atoms with Gasteiger partial charge >= 0.3 is 0 Å². The minimum absolute atomic E-state index is 0.300. The molecule has 1 rings (SSSR count). The van der Waals surface area contributed by atoms with Gasteiger partial charge in [-0.25, -0.2) is 4.39 Å². The van der Waals surface area contributed by atoms with Crippen molar-refractivity contribution in [1.29, 1.82) is 0 Å². The summed E-state index contributed by atoms with van der Waals surface area (Å²) in [4.78, 5) is 0. The maximum Gasteiger partial charge on any atom is 0.123 e. The average Bonchev–Trinajstić information content (AvgIpc) is 2.04. The van der Waals surface area contributed by atoms with Crippen molar-refractivity contribution >= 4 is 0 Å². The number of halogens is 1. The smallest absolute Gasteiger partial charge is 0.123 e. The molecule has 1 aromatic carbocycles. The number of aliphatic hydroxyl groups is 1. The highest BCUT2D eigenvalue weighted by Gasteiger charge is 2.01. The molecule has 0 radical (unpaired) electrons. The first-order chi connectivity index (χ1) is 5.72. The van der Waals surface area contributed by atoms with E-state index in [1.165, 1.54) is 12.1 Å². The van der Waals surface area contributed by atoms with Gasteiger partial charge in [0.1, 0.15) is 11.9 Å². The molecule has 0 aliphatic carbocycles. The van der Waals surface area contributed by atoms with E-state index in [1.807, 2.05) is 0 Å². The molecule has 0 amide bonds. The van der Waals surface area contributed by atoms with Gasteiger partial charge in [-0.15, -0.1) is 6.42 Å². The fourth-order valence-electron chi connectivity index (χ4n) is 0.946. The minimum Gasteiger partial charge on any atom is -0.380 e. The molecule has 1 N–H and O–H groups in total. The molecule has 2 heteroatoms. The first kappa shape index (κ1) is 8.76. The summed E-state index contributed by atoms with van der Waals surface area (Å²) in [6.07, 6.45) is 4.44.